The lowest BCUT2D eigenvalue weighted by Gasteiger charge is -2.23. The number of rotatable bonds is 5. The molecule has 0 amide bonds. The van der Waals surface area contributed by atoms with E-state index in [9.17, 15) is 12.8 Å². The summed E-state index contributed by atoms with van der Waals surface area (Å²) in [5.41, 5.74) is 0.782. The van der Waals surface area contributed by atoms with E-state index in [2.05, 4.69) is 10.0 Å². The molecule has 1 aliphatic rings. The fourth-order valence-electron chi connectivity index (χ4n) is 2.39. The predicted octanol–water partition coefficient (Wildman–Crippen LogP) is 2.41. The summed E-state index contributed by atoms with van der Waals surface area (Å²) in [6.45, 7) is 2.71. The molecule has 112 valence electrons. The minimum absolute atomic E-state index is 0.0119. The van der Waals surface area contributed by atoms with Gasteiger partial charge < -0.3 is 5.32 Å². The second-order valence-corrected chi connectivity index (χ2v) is 7.18. The third-order valence-electron chi connectivity index (χ3n) is 3.54. The summed E-state index contributed by atoms with van der Waals surface area (Å²) in [6, 6.07) is 4.72. The van der Waals surface area contributed by atoms with Crippen LogP contribution >= 0.6 is 0 Å². The number of aryl methyl sites for hydroxylation is 1. The van der Waals surface area contributed by atoms with E-state index >= 15 is 0 Å². The Hall–Kier alpha value is -1.14. The van der Waals surface area contributed by atoms with Crippen LogP contribution in [0.25, 0.3) is 0 Å². The Labute approximate surface area is 119 Å². The molecule has 1 heterocycles. The van der Waals surface area contributed by atoms with Gasteiger partial charge in [-0.05, 0) is 50.4 Å². The summed E-state index contributed by atoms with van der Waals surface area (Å²) in [7, 11) is -3.50. The average Bonchev–Trinajstić information content (AvgIpc) is 2.41. The van der Waals surface area contributed by atoms with Crippen molar-refractivity contribution in [3.63, 3.8) is 0 Å². The van der Waals surface area contributed by atoms with E-state index in [0.29, 0.717) is 6.42 Å². The van der Waals surface area contributed by atoms with E-state index in [4.69, 9.17) is 0 Å². The van der Waals surface area contributed by atoms with Crippen LogP contribution < -0.4 is 10.0 Å². The van der Waals surface area contributed by atoms with E-state index in [1.54, 1.807) is 13.0 Å². The SMILES string of the molecule is Cc1ccc(NS(=O)(=O)CCC2CCCCN2)c(F)c1. The number of nitrogens with one attached hydrogen (secondary N) is 2. The number of piperidine rings is 1. The van der Waals surface area contributed by atoms with Crippen LogP contribution in [0.3, 0.4) is 0 Å². The molecule has 0 radical (unpaired) electrons. The molecule has 2 N–H and O–H groups in total. The summed E-state index contributed by atoms with van der Waals surface area (Å²) in [5, 5.41) is 3.31. The first kappa shape index (κ1) is 15.3. The molecule has 0 bridgehead atoms. The molecule has 0 aliphatic carbocycles. The molecule has 4 nitrogen and oxygen atoms in total. The standard InChI is InChI=1S/C14H21FN2O2S/c1-11-5-6-14(13(15)10-11)17-20(18,19)9-7-12-4-2-3-8-16-12/h5-6,10,12,16-17H,2-4,7-9H2,1H3. The largest absolute Gasteiger partial charge is 0.314 e. The lowest BCUT2D eigenvalue weighted by molar-refractivity contribution is 0.393. The van der Waals surface area contributed by atoms with Crippen LogP contribution in [-0.2, 0) is 10.0 Å². The molecular weight excluding hydrogens is 279 g/mol. The topological polar surface area (TPSA) is 58.2 Å². The third-order valence-corrected chi connectivity index (χ3v) is 4.84. The highest BCUT2D eigenvalue weighted by molar-refractivity contribution is 7.92. The molecule has 1 aromatic rings. The van der Waals surface area contributed by atoms with Gasteiger partial charge in [0, 0.05) is 6.04 Å². The van der Waals surface area contributed by atoms with Crippen LogP contribution in [0.2, 0.25) is 0 Å². The molecule has 1 atom stereocenters. The van der Waals surface area contributed by atoms with Gasteiger partial charge in [0.25, 0.3) is 0 Å². The highest BCUT2D eigenvalue weighted by Crippen LogP contribution is 2.18. The van der Waals surface area contributed by atoms with Crippen LogP contribution in [0.5, 0.6) is 0 Å². The van der Waals surface area contributed by atoms with Crippen LogP contribution in [0, 0.1) is 12.7 Å². The van der Waals surface area contributed by atoms with Crippen molar-refractivity contribution in [3.05, 3.63) is 29.6 Å². The van der Waals surface area contributed by atoms with E-state index in [0.717, 1.165) is 31.4 Å². The number of hydrogen-bond acceptors (Lipinski definition) is 3. The van der Waals surface area contributed by atoms with Crippen molar-refractivity contribution >= 4 is 15.7 Å². The predicted molar refractivity (Wildman–Crippen MR) is 78.8 cm³/mol. The Morgan fingerprint density at radius 2 is 2.20 bits per heavy atom. The molecule has 1 aromatic carbocycles. The van der Waals surface area contributed by atoms with Crippen molar-refractivity contribution in [1.82, 2.24) is 5.32 Å². The van der Waals surface area contributed by atoms with Crippen LogP contribution in [-0.4, -0.2) is 26.8 Å². The Morgan fingerprint density at radius 1 is 1.40 bits per heavy atom. The number of benzene rings is 1. The van der Waals surface area contributed by atoms with Crippen molar-refractivity contribution in [1.29, 1.82) is 0 Å². The van der Waals surface area contributed by atoms with Crippen LogP contribution in [0.1, 0.15) is 31.2 Å². The summed E-state index contributed by atoms with van der Waals surface area (Å²) < 4.78 is 39.9. The first-order valence-corrected chi connectivity index (χ1v) is 8.61. The maximum Gasteiger partial charge on any atom is 0.232 e. The summed E-state index contributed by atoms with van der Waals surface area (Å²) in [6.07, 6.45) is 3.85. The fraction of sp³-hybridized carbons (Fsp3) is 0.571. The zero-order valence-corrected chi connectivity index (χ0v) is 12.5. The molecule has 0 spiro atoms. The van der Waals surface area contributed by atoms with E-state index in [1.165, 1.54) is 12.1 Å². The van der Waals surface area contributed by atoms with Gasteiger partial charge in [0.1, 0.15) is 5.82 Å². The van der Waals surface area contributed by atoms with Crippen LogP contribution in [0.4, 0.5) is 10.1 Å². The first-order valence-electron chi connectivity index (χ1n) is 6.96. The molecule has 1 unspecified atom stereocenters. The summed E-state index contributed by atoms with van der Waals surface area (Å²) >= 11 is 0. The van der Waals surface area contributed by atoms with Gasteiger partial charge >= 0.3 is 0 Å². The Bertz CT molecular complexity index is 554. The van der Waals surface area contributed by atoms with E-state index < -0.39 is 15.8 Å². The van der Waals surface area contributed by atoms with E-state index in [-0.39, 0.29) is 17.5 Å². The van der Waals surface area contributed by atoms with E-state index in [1.807, 2.05) is 0 Å². The van der Waals surface area contributed by atoms with Crippen molar-refractivity contribution in [2.24, 2.45) is 0 Å². The fourth-order valence-corrected chi connectivity index (χ4v) is 3.59. The Morgan fingerprint density at radius 3 is 2.85 bits per heavy atom. The van der Waals surface area contributed by atoms with Crippen molar-refractivity contribution in [2.45, 2.75) is 38.6 Å². The van der Waals surface area contributed by atoms with Gasteiger partial charge in [-0.1, -0.05) is 12.5 Å². The van der Waals surface area contributed by atoms with Gasteiger partial charge in [-0.25, -0.2) is 12.8 Å². The van der Waals surface area contributed by atoms with Gasteiger partial charge in [0.05, 0.1) is 11.4 Å². The normalized spacial score (nSPS) is 19.8. The molecule has 1 saturated heterocycles. The van der Waals surface area contributed by atoms with Gasteiger partial charge in [-0.15, -0.1) is 0 Å². The molecule has 6 heteroatoms. The number of halogens is 1. The van der Waals surface area contributed by atoms with Gasteiger partial charge in [0.15, 0.2) is 0 Å². The third kappa shape index (κ3) is 4.45. The van der Waals surface area contributed by atoms with Crippen LogP contribution in [0.15, 0.2) is 18.2 Å². The maximum atomic E-state index is 13.6. The smallest absolute Gasteiger partial charge is 0.232 e. The van der Waals surface area contributed by atoms with Crippen molar-refractivity contribution in [3.8, 4) is 0 Å². The number of sulfonamides is 1. The summed E-state index contributed by atoms with van der Waals surface area (Å²) in [5.74, 6) is -0.526. The zero-order valence-electron chi connectivity index (χ0n) is 11.7. The highest BCUT2D eigenvalue weighted by Gasteiger charge is 2.18. The van der Waals surface area contributed by atoms with Crippen molar-refractivity contribution < 1.29 is 12.8 Å². The average molecular weight is 300 g/mol. The number of anilines is 1. The molecule has 1 fully saturated rings. The van der Waals surface area contributed by atoms with Crippen molar-refractivity contribution in [2.75, 3.05) is 17.0 Å². The molecule has 20 heavy (non-hydrogen) atoms. The lowest BCUT2D eigenvalue weighted by atomic mass is 10.0. The van der Waals surface area contributed by atoms with Gasteiger partial charge in [-0.3, -0.25) is 4.72 Å². The maximum absolute atomic E-state index is 13.6. The summed E-state index contributed by atoms with van der Waals surface area (Å²) in [4.78, 5) is 0. The Balaban J connectivity index is 1.93. The Kier molecular flexibility index (Phi) is 4.99. The first-order chi connectivity index (χ1) is 9.46. The molecular formula is C14H21FN2O2S. The monoisotopic (exact) mass is 300 g/mol. The lowest BCUT2D eigenvalue weighted by Crippen LogP contribution is -2.36. The minimum Gasteiger partial charge on any atom is -0.314 e. The molecule has 1 aliphatic heterocycles. The minimum atomic E-state index is -3.50. The molecule has 0 aromatic heterocycles. The molecule has 0 saturated carbocycles. The van der Waals surface area contributed by atoms with Gasteiger partial charge in [0.2, 0.25) is 10.0 Å². The number of hydrogen-bond donors (Lipinski definition) is 2. The zero-order chi connectivity index (χ0) is 14.6. The quantitative estimate of drug-likeness (QED) is 0.878. The highest BCUT2D eigenvalue weighted by atomic mass is 32.2. The second kappa shape index (κ2) is 6.54. The second-order valence-electron chi connectivity index (χ2n) is 5.34. The molecule has 2 rings (SSSR count). The van der Waals surface area contributed by atoms with Gasteiger partial charge in [-0.2, -0.15) is 0 Å².